The molecule has 0 radical (unpaired) electrons. The van der Waals surface area contributed by atoms with Crippen LogP contribution in [0, 0.1) is 0 Å². The van der Waals surface area contributed by atoms with Gasteiger partial charge in [0.05, 0.1) is 16.6 Å². The molecule has 0 unspecified atom stereocenters. The number of halogens is 2. The zero-order chi connectivity index (χ0) is 18.8. The van der Waals surface area contributed by atoms with Gasteiger partial charge in [-0.1, -0.05) is 30.1 Å². The first-order valence-electron chi connectivity index (χ1n) is 9.22. The SMILES string of the molecule is CCCc1ncc2c(n1)CCN(Cc1ccc(-c3ccc(Cl)c(Cl)c3)o1)C2. The van der Waals surface area contributed by atoms with E-state index < -0.39 is 0 Å². The largest absolute Gasteiger partial charge is 0.460 e. The standard InChI is InChI=1S/C21H21Cl2N3O/c1-2-3-21-24-11-15-12-26(9-8-19(15)25-21)13-16-5-7-20(27-16)14-4-6-17(22)18(23)10-14/h4-7,10-11H,2-3,8-9,12-13H2,1H3. The normalized spacial score (nSPS) is 14.3. The second-order valence-corrected chi connectivity index (χ2v) is 7.68. The van der Waals surface area contributed by atoms with Crippen molar-refractivity contribution in [3.63, 3.8) is 0 Å². The van der Waals surface area contributed by atoms with Crippen molar-refractivity contribution in [1.29, 1.82) is 0 Å². The van der Waals surface area contributed by atoms with Crippen molar-refractivity contribution < 1.29 is 4.42 Å². The lowest BCUT2D eigenvalue weighted by molar-refractivity contribution is 0.224. The Balaban J connectivity index is 1.44. The van der Waals surface area contributed by atoms with Crippen molar-refractivity contribution in [3.05, 3.63) is 69.4 Å². The van der Waals surface area contributed by atoms with Crippen LogP contribution >= 0.6 is 23.2 Å². The molecule has 4 nitrogen and oxygen atoms in total. The average Bonchev–Trinajstić information content (AvgIpc) is 3.13. The zero-order valence-corrected chi connectivity index (χ0v) is 16.7. The van der Waals surface area contributed by atoms with E-state index in [0.717, 1.165) is 61.8 Å². The quantitative estimate of drug-likeness (QED) is 0.561. The third-order valence-corrected chi connectivity index (χ3v) is 5.52. The lowest BCUT2D eigenvalue weighted by Crippen LogP contribution is -2.31. The van der Waals surface area contributed by atoms with Crippen molar-refractivity contribution in [2.75, 3.05) is 6.54 Å². The number of aryl methyl sites for hydroxylation is 1. The molecule has 3 aromatic rings. The van der Waals surface area contributed by atoms with Crippen molar-refractivity contribution in [2.24, 2.45) is 0 Å². The molecule has 0 aliphatic carbocycles. The molecule has 0 fully saturated rings. The van der Waals surface area contributed by atoms with Crippen LogP contribution in [0.15, 0.2) is 40.9 Å². The highest BCUT2D eigenvalue weighted by atomic mass is 35.5. The Morgan fingerprint density at radius 3 is 2.85 bits per heavy atom. The first kappa shape index (κ1) is 18.5. The smallest absolute Gasteiger partial charge is 0.134 e. The topological polar surface area (TPSA) is 42.2 Å². The van der Waals surface area contributed by atoms with Gasteiger partial charge in [0.2, 0.25) is 0 Å². The van der Waals surface area contributed by atoms with E-state index in [0.29, 0.717) is 10.0 Å². The Bertz CT molecular complexity index is 954. The van der Waals surface area contributed by atoms with Crippen LogP contribution in [0.2, 0.25) is 10.0 Å². The monoisotopic (exact) mass is 401 g/mol. The van der Waals surface area contributed by atoms with Crippen molar-refractivity contribution >= 4 is 23.2 Å². The summed E-state index contributed by atoms with van der Waals surface area (Å²) in [4.78, 5) is 11.6. The maximum absolute atomic E-state index is 6.11. The lowest BCUT2D eigenvalue weighted by atomic mass is 10.1. The average molecular weight is 402 g/mol. The predicted molar refractivity (Wildman–Crippen MR) is 108 cm³/mol. The Morgan fingerprint density at radius 2 is 2.04 bits per heavy atom. The van der Waals surface area contributed by atoms with Gasteiger partial charge in [0, 0.05) is 48.9 Å². The molecule has 1 aromatic carbocycles. The summed E-state index contributed by atoms with van der Waals surface area (Å²) in [5, 5.41) is 1.07. The highest BCUT2D eigenvalue weighted by molar-refractivity contribution is 6.42. The number of nitrogens with zero attached hydrogens (tertiary/aromatic N) is 3. The first-order chi connectivity index (χ1) is 13.1. The minimum atomic E-state index is 0.530. The summed E-state index contributed by atoms with van der Waals surface area (Å²) >= 11 is 12.1. The van der Waals surface area contributed by atoms with E-state index in [1.807, 2.05) is 30.5 Å². The lowest BCUT2D eigenvalue weighted by Gasteiger charge is -2.27. The number of hydrogen-bond donors (Lipinski definition) is 0. The van der Waals surface area contributed by atoms with Gasteiger partial charge in [-0.25, -0.2) is 9.97 Å². The summed E-state index contributed by atoms with van der Waals surface area (Å²) in [6.07, 6.45) is 4.96. The van der Waals surface area contributed by atoms with Gasteiger partial charge in [0.25, 0.3) is 0 Å². The highest BCUT2D eigenvalue weighted by Gasteiger charge is 2.19. The van der Waals surface area contributed by atoms with Crippen LogP contribution in [-0.2, 0) is 25.9 Å². The van der Waals surface area contributed by atoms with E-state index in [9.17, 15) is 0 Å². The molecule has 0 amide bonds. The Morgan fingerprint density at radius 1 is 1.15 bits per heavy atom. The van der Waals surface area contributed by atoms with Gasteiger partial charge >= 0.3 is 0 Å². The van der Waals surface area contributed by atoms with Crippen LogP contribution in [0.3, 0.4) is 0 Å². The Hall–Kier alpha value is -1.88. The molecular formula is C21H21Cl2N3O. The maximum atomic E-state index is 6.11. The third kappa shape index (κ3) is 4.18. The number of fused-ring (bicyclic) bond motifs is 1. The number of aromatic nitrogens is 2. The van der Waals surface area contributed by atoms with E-state index in [4.69, 9.17) is 32.6 Å². The van der Waals surface area contributed by atoms with Gasteiger partial charge in [-0.2, -0.15) is 0 Å². The molecule has 6 heteroatoms. The van der Waals surface area contributed by atoms with Crippen LogP contribution in [0.25, 0.3) is 11.3 Å². The number of furan rings is 1. The Labute approximate surface area is 169 Å². The van der Waals surface area contributed by atoms with Gasteiger partial charge in [-0.05, 0) is 36.8 Å². The fourth-order valence-corrected chi connectivity index (χ4v) is 3.68. The van der Waals surface area contributed by atoms with Gasteiger partial charge in [-0.3, -0.25) is 4.90 Å². The van der Waals surface area contributed by atoms with E-state index in [1.165, 1.54) is 11.3 Å². The van der Waals surface area contributed by atoms with Crippen LogP contribution in [-0.4, -0.2) is 21.4 Å². The predicted octanol–water partition coefficient (Wildman–Crippen LogP) is 5.55. The molecule has 1 aliphatic rings. The van der Waals surface area contributed by atoms with Gasteiger partial charge in [0.15, 0.2) is 0 Å². The van der Waals surface area contributed by atoms with Crippen molar-refractivity contribution in [1.82, 2.24) is 14.9 Å². The second kappa shape index (κ2) is 8.01. The molecule has 3 heterocycles. The molecule has 0 atom stereocenters. The summed E-state index contributed by atoms with van der Waals surface area (Å²) in [6, 6.07) is 9.53. The molecule has 0 spiro atoms. The Kier molecular flexibility index (Phi) is 5.48. The van der Waals surface area contributed by atoms with E-state index in [-0.39, 0.29) is 0 Å². The second-order valence-electron chi connectivity index (χ2n) is 6.86. The van der Waals surface area contributed by atoms with Crippen LogP contribution in [0.4, 0.5) is 0 Å². The van der Waals surface area contributed by atoms with Crippen molar-refractivity contribution in [3.8, 4) is 11.3 Å². The highest BCUT2D eigenvalue weighted by Crippen LogP contribution is 2.30. The van der Waals surface area contributed by atoms with Gasteiger partial charge in [-0.15, -0.1) is 0 Å². The minimum Gasteiger partial charge on any atom is -0.460 e. The van der Waals surface area contributed by atoms with Gasteiger partial charge in [0.1, 0.15) is 17.3 Å². The fraction of sp³-hybridized carbons (Fsp3) is 0.333. The molecular weight excluding hydrogens is 381 g/mol. The van der Waals surface area contributed by atoms with Crippen molar-refractivity contribution in [2.45, 2.75) is 39.3 Å². The molecule has 140 valence electrons. The molecule has 0 N–H and O–H groups in total. The summed E-state index contributed by atoms with van der Waals surface area (Å²) in [6.45, 7) is 4.74. The van der Waals surface area contributed by atoms with E-state index in [1.54, 1.807) is 6.07 Å². The molecule has 2 aromatic heterocycles. The first-order valence-corrected chi connectivity index (χ1v) is 9.98. The summed E-state index contributed by atoms with van der Waals surface area (Å²) in [5.41, 5.74) is 3.34. The number of rotatable bonds is 5. The van der Waals surface area contributed by atoms with E-state index in [2.05, 4.69) is 16.8 Å². The van der Waals surface area contributed by atoms with Crippen LogP contribution < -0.4 is 0 Å². The third-order valence-electron chi connectivity index (χ3n) is 4.78. The molecule has 0 saturated heterocycles. The summed E-state index contributed by atoms with van der Waals surface area (Å²) < 4.78 is 6.03. The van der Waals surface area contributed by atoms with Crippen LogP contribution in [0.1, 0.15) is 36.2 Å². The summed E-state index contributed by atoms with van der Waals surface area (Å²) in [7, 11) is 0. The summed E-state index contributed by atoms with van der Waals surface area (Å²) in [5.74, 6) is 2.69. The molecule has 4 rings (SSSR count). The number of hydrogen-bond acceptors (Lipinski definition) is 4. The maximum Gasteiger partial charge on any atom is 0.134 e. The number of benzene rings is 1. The fourth-order valence-electron chi connectivity index (χ4n) is 3.38. The molecule has 27 heavy (non-hydrogen) atoms. The molecule has 0 saturated carbocycles. The molecule has 1 aliphatic heterocycles. The van der Waals surface area contributed by atoms with Gasteiger partial charge < -0.3 is 4.42 Å². The minimum absolute atomic E-state index is 0.530. The van der Waals surface area contributed by atoms with E-state index >= 15 is 0 Å². The zero-order valence-electron chi connectivity index (χ0n) is 15.2. The van der Waals surface area contributed by atoms with Crippen LogP contribution in [0.5, 0.6) is 0 Å². The molecule has 0 bridgehead atoms.